The SMILES string of the molecule is CCSC(=S)N(C)C=O. The lowest BCUT2D eigenvalue weighted by Gasteiger charge is -2.08. The zero-order valence-electron chi connectivity index (χ0n) is 5.46. The summed E-state index contributed by atoms with van der Waals surface area (Å²) in [4.78, 5) is 11.4. The smallest absolute Gasteiger partial charge is 0.214 e. The summed E-state index contributed by atoms with van der Waals surface area (Å²) in [5, 5.41) is 0. The third kappa shape index (κ3) is 3.48. The van der Waals surface area contributed by atoms with Gasteiger partial charge >= 0.3 is 0 Å². The van der Waals surface area contributed by atoms with E-state index < -0.39 is 0 Å². The van der Waals surface area contributed by atoms with Gasteiger partial charge in [0.15, 0.2) is 0 Å². The molecule has 0 aromatic rings. The van der Waals surface area contributed by atoms with Gasteiger partial charge in [0.25, 0.3) is 0 Å². The minimum Gasteiger partial charge on any atom is -0.304 e. The molecule has 0 saturated carbocycles. The molecule has 0 N–H and O–H groups in total. The van der Waals surface area contributed by atoms with Crippen molar-refractivity contribution in [1.82, 2.24) is 4.90 Å². The molecule has 0 aliphatic rings. The molecule has 0 bridgehead atoms. The lowest BCUT2D eigenvalue weighted by atomic mass is 11.0. The normalized spacial score (nSPS) is 8.67. The number of thioether (sulfide) groups is 1. The molecule has 0 unspecified atom stereocenters. The Morgan fingerprint density at radius 1 is 1.89 bits per heavy atom. The maximum Gasteiger partial charge on any atom is 0.214 e. The minimum atomic E-state index is 0.632. The number of carbonyl (C=O) groups excluding carboxylic acids is 1. The van der Waals surface area contributed by atoms with E-state index in [4.69, 9.17) is 12.2 Å². The van der Waals surface area contributed by atoms with Crippen LogP contribution in [-0.2, 0) is 4.79 Å². The molecule has 0 atom stereocenters. The Kier molecular flexibility index (Phi) is 4.71. The molecule has 0 heterocycles. The second-order valence-electron chi connectivity index (χ2n) is 1.42. The van der Waals surface area contributed by atoms with Crippen LogP contribution in [0.15, 0.2) is 0 Å². The molecular formula is C5H9NOS2. The molecule has 0 fully saturated rings. The minimum absolute atomic E-state index is 0.632. The van der Waals surface area contributed by atoms with Crippen LogP contribution in [0.2, 0.25) is 0 Å². The molecule has 0 saturated heterocycles. The van der Waals surface area contributed by atoms with Crippen LogP contribution in [0.5, 0.6) is 0 Å². The predicted octanol–water partition coefficient (Wildman–Crippen LogP) is 1.11. The average molecular weight is 163 g/mol. The van der Waals surface area contributed by atoms with Gasteiger partial charge in [0.05, 0.1) is 0 Å². The summed E-state index contributed by atoms with van der Waals surface area (Å²) < 4.78 is 0.632. The average Bonchev–Trinajstić information content (AvgIpc) is 1.87. The second kappa shape index (κ2) is 4.76. The van der Waals surface area contributed by atoms with Crippen LogP contribution in [0.3, 0.4) is 0 Å². The van der Waals surface area contributed by atoms with Crippen LogP contribution in [0.25, 0.3) is 0 Å². The van der Waals surface area contributed by atoms with E-state index in [-0.39, 0.29) is 0 Å². The van der Waals surface area contributed by atoms with Crippen LogP contribution in [-0.4, -0.2) is 28.4 Å². The molecule has 0 aliphatic carbocycles. The van der Waals surface area contributed by atoms with E-state index in [1.165, 1.54) is 16.7 Å². The summed E-state index contributed by atoms with van der Waals surface area (Å²) in [5.74, 6) is 0.914. The molecular weight excluding hydrogens is 154 g/mol. The Hall–Kier alpha value is -0.0900. The van der Waals surface area contributed by atoms with Crippen molar-refractivity contribution in [2.45, 2.75) is 6.92 Å². The van der Waals surface area contributed by atoms with Crippen molar-refractivity contribution < 1.29 is 4.79 Å². The predicted molar refractivity (Wildman–Crippen MR) is 44.6 cm³/mol. The van der Waals surface area contributed by atoms with E-state index >= 15 is 0 Å². The zero-order valence-corrected chi connectivity index (χ0v) is 7.09. The molecule has 0 aliphatic heterocycles. The monoisotopic (exact) mass is 163 g/mol. The van der Waals surface area contributed by atoms with E-state index in [2.05, 4.69) is 0 Å². The first kappa shape index (κ1) is 8.91. The summed E-state index contributed by atoms with van der Waals surface area (Å²) in [7, 11) is 1.65. The van der Waals surface area contributed by atoms with Crippen molar-refractivity contribution in [3.8, 4) is 0 Å². The highest BCUT2D eigenvalue weighted by Gasteiger charge is 1.99. The molecule has 0 rings (SSSR count). The number of rotatable bonds is 2. The third-order valence-corrected chi connectivity index (χ3v) is 2.18. The molecule has 0 aromatic carbocycles. The summed E-state index contributed by atoms with van der Waals surface area (Å²) in [6.07, 6.45) is 0.713. The number of thiocarbonyl (C=S) groups is 1. The standard InChI is InChI=1S/C5H9NOS2/c1-3-9-5(8)6(2)4-7/h4H,3H2,1-2H3. The fourth-order valence-electron chi connectivity index (χ4n) is 0.268. The van der Waals surface area contributed by atoms with Gasteiger partial charge in [-0.3, -0.25) is 4.79 Å². The molecule has 4 heteroatoms. The summed E-state index contributed by atoms with van der Waals surface area (Å²) in [6, 6.07) is 0. The summed E-state index contributed by atoms with van der Waals surface area (Å²) >= 11 is 6.32. The van der Waals surface area contributed by atoms with Crippen LogP contribution in [0.1, 0.15) is 6.92 Å². The lowest BCUT2D eigenvalue weighted by Crippen LogP contribution is -2.19. The summed E-state index contributed by atoms with van der Waals surface area (Å²) in [6.45, 7) is 2.00. The highest BCUT2D eigenvalue weighted by atomic mass is 32.2. The van der Waals surface area contributed by atoms with Crippen molar-refractivity contribution >= 4 is 34.7 Å². The molecule has 9 heavy (non-hydrogen) atoms. The lowest BCUT2D eigenvalue weighted by molar-refractivity contribution is -0.113. The summed E-state index contributed by atoms with van der Waals surface area (Å²) in [5.41, 5.74) is 0. The highest BCUT2D eigenvalue weighted by molar-refractivity contribution is 8.22. The van der Waals surface area contributed by atoms with E-state index in [1.807, 2.05) is 6.92 Å². The molecule has 0 radical (unpaired) electrons. The Morgan fingerprint density at radius 2 is 2.44 bits per heavy atom. The first-order valence-electron chi connectivity index (χ1n) is 2.57. The van der Waals surface area contributed by atoms with E-state index in [1.54, 1.807) is 7.05 Å². The maximum atomic E-state index is 10.0. The fraction of sp³-hybridized carbons (Fsp3) is 0.600. The van der Waals surface area contributed by atoms with E-state index in [9.17, 15) is 4.79 Å². The number of amides is 1. The van der Waals surface area contributed by atoms with Crippen LogP contribution >= 0.6 is 24.0 Å². The highest BCUT2D eigenvalue weighted by Crippen LogP contribution is 2.04. The first-order valence-corrected chi connectivity index (χ1v) is 3.96. The van der Waals surface area contributed by atoms with Crippen molar-refractivity contribution in [2.24, 2.45) is 0 Å². The van der Waals surface area contributed by atoms with E-state index in [0.29, 0.717) is 10.7 Å². The van der Waals surface area contributed by atoms with Crippen LogP contribution in [0, 0.1) is 0 Å². The van der Waals surface area contributed by atoms with Crippen LogP contribution in [0.4, 0.5) is 0 Å². The number of hydrogen-bond donors (Lipinski definition) is 0. The fourth-order valence-corrected chi connectivity index (χ4v) is 1.16. The van der Waals surface area contributed by atoms with Crippen molar-refractivity contribution in [1.29, 1.82) is 0 Å². The Morgan fingerprint density at radius 3 is 2.78 bits per heavy atom. The topological polar surface area (TPSA) is 20.3 Å². The van der Waals surface area contributed by atoms with E-state index in [0.717, 1.165) is 5.75 Å². The van der Waals surface area contributed by atoms with Crippen molar-refractivity contribution in [3.63, 3.8) is 0 Å². The quantitative estimate of drug-likeness (QED) is 0.449. The van der Waals surface area contributed by atoms with Gasteiger partial charge in [0.2, 0.25) is 6.41 Å². The third-order valence-electron chi connectivity index (χ3n) is 0.714. The molecule has 1 amide bonds. The Bertz CT molecular complexity index is 116. The molecule has 2 nitrogen and oxygen atoms in total. The van der Waals surface area contributed by atoms with Crippen LogP contribution < -0.4 is 0 Å². The van der Waals surface area contributed by atoms with Crippen molar-refractivity contribution in [2.75, 3.05) is 12.8 Å². The van der Waals surface area contributed by atoms with Gasteiger partial charge in [0, 0.05) is 7.05 Å². The van der Waals surface area contributed by atoms with Gasteiger partial charge in [-0.2, -0.15) is 0 Å². The Labute approximate surface area is 64.6 Å². The van der Waals surface area contributed by atoms with Gasteiger partial charge in [-0.05, 0) is 5.75 Å². The molecule has 0 spiro atoms. The molecule has 52 valence electrons. The second-order valence-corrected chi connectivity index (χ2v) is 3.31. The van der Waals surface area contributed by atoms with Gasteiger partial charge in [-0.15, -0.1) is 0 Å². The zero-order chi connectivity index (χ0) is 7.28. The first-order chi connectivity index (χ1) is 4.22. The number of hydrogen-bond acceptors (Lipinski definition) is 3. The van der Waals surface area contributed by atoms with Gasteiger partial charge in [0.1, 0.15) is 4.32 Å². The van der Waals surface area contributed by atoms with Gasteiger partial charge in [-0.1, -0.05) is 30.9 Å². The number of nitrogens with zero attached hydrogens (tertiary/aromatic N) is 1. The largest absolute Gasteiger partial charge is 0.304 e. The Balaban J connectivity index is 3.58. The molecule has 0 aromatic heterocycles. The van der Waals surface area contributed by atoms with Gasteiger partial charge in [-0.25, -0.2) is 0 Å². The maximum absolute atomic E-state index is 10.0. The van der Waals surface area contributed by atoms with Gasteiger partial charge < -0.3 is 4.90 Å². The number of carbonyl (C=O) groups is 1. The van der Waals surface area contributed by atoms with Crippen molar-refractivity contribution in [3.05, 3.63) is 0 Å².